The van der Waals surface area contributed by atoms with Gasteiger partial charge in [-0.3, -0.25) is 4.79 Å². The first-order valence-electron chi connectivity index (χ1n) is 6.28. The molecule has 1 aromatic heterocycles. The van der Waals surface area contributed by atoms with Gasteiger partial charge < -0.3 is 4.74 Å². The first kappa shape index (κ1) is 14.3. The second kappa shape index (κ2) is 6.39. The van der Waals surface area contributed by atoms with Gasteiger partial charge in [-0.1, -0.05) is 6.08 Å². The molecule has 0 fully saturated rings. The molecule has 0 unspecified atom stereocenters. The molecular weight excluding hydrogens is 280 g/mol. The predicted octanol–water partition coefficient (Wildman–Crippen LogP) is 3.72. The Morgan fingerprint density at radius 3 is 3.00 bits per heavy atom. The van der Waals surface area contributed by atoms with Crippen LogP contribution in [0.4, 0.5) is 0 Å². The van der Waals surface area contributed by atoms with Crippen LogP contribution in [0.15, 0.2) is 16.9 Å². The maximum Gasteiger partial charge on any atom is 0.348 e. The van der Waals surface area contributed by atoms with Gasteiger partial charge in [-0.2, -0.15) is 0 Å². The molecule has 3 nitrogen and oxygen atoms in total. The van der Waals surface area contributed by atoms with Gasteiger partial charge in [0, 0.05) is 17.7 Å². The fraction of sp³-hybridized carbons (Fsp3) is 0.429. The van der Waals surface area contributed by atoms with E-state index in [-0.39, 0.29) is 11.8 Å². The smallest absolute Gasteiger partial charge is 0.348 e. The van der Waals surface area contributed by atoms with E-state index in [9.17, 15) is 9.59 Å². The van der Waals surface area contributed by atoms with Crippen molar-refractivity contribution >= 4 is 34.9 Å². The predicted molar refractivity (Wildman–Crippen MR) is 78.5 cm³/mol. The number of Topliss-reactive ketones (excluding diaryl/α,β-unsaturated/α-hetero) is 1. The van der Waals surface area contributed by atoms with E-state index >= 15 is 0 Å². The Balaban J connectivity index is 2.42. The number of ether oxygens (including phenoxy) is 1. The van der Waals surface area contributed by atoms with E-state index in [0.29, 0.717) is 17.9 Å². The highest BCUT2D eigenvalue weighted by Gasteiger charge is 2.29. The molecule has 0 spiro atoms. The van der Waals surface area contributed by atoms with Crippen LogP contribution in [0.1, 0.15) is 45.4 Å². The largest absolute Gasteiger partial charge is 0.462 e. The Morgan fingerprint density at radius 1 is 1.53 bits per heavy atom. The lowest BCUT2D eigenvalue weighted by Gasteiger charge is -2.12. The monoisotopic (exact) mass is 296 g/mol. The zero-order valence-corrected chi connectivity index (χ0v) is 12.5. The van der Waals surface area contributed by atoms with Crippen LogP contribution < -0.4 is 0 Å². The van der Waals surface area contributed by atoms with Crippen molar-refractivity contribution in [3.63, 3.8) is 0 Å². The zero-order chi connectivity index (χ0) is 13.8. The number of carbonyl (C=O) groups excluding carboxylic acids is 2. The third-order valence-electron chi connectivity index (χ3n) is 2.88. The highest BCUT2D eigenvalue weighted by atomic mass is 32.2. The molecule has 0 aliphatic heterocycles. The summed E-state index contributed by atoms with van der Waals surface area (Å²) in [5.41, 5.74) is 1.65. The minimum Gasteiger partial charge on any atom is -0.462 e. The van der Waals surface area contributed by atoms with Crippen LogP contribution in [0.25, 0.3) is 0 Å². The molecule has 0 N–H and O–H groups in total. The summed E-state index contributed by atoms with van der Waals surface area (Å²) >= 11 is 2.95. The lowest BCUT2D eigenvalue weighted by atomic mass is 9.93. The third kappa shape index (κ3) is 2.92. The molecule has 19 heavy (non-hydrogen) atoms. The first-order valence-corrected chi connectivity index (χ1v) is 8.08. The second-order valence-corrected chi connectivity index (χ2v) is 6.48. The lowest BCUT2D eigenvalue weighted by molar-refractivity contribution is 0.0531. The lowest BCUT2D eigenvalue weighted by Crippen LogP contribution is -2.13. The van der Waals surface area contributed by atoms with Gasteiger partial charge in [0.25, 0.3) is 0 Å². The van der Waals surface area contributed by atoms with Crippen LogP contribution in [0.5, 0.6) is 0 Å². The molecule has 5 heteroatoms. The summed E-state index contributed by atoms with van der Waals surface area (Å²) in [5, 5.41) is 0. The Morgan fingerprint density at radius 2 is 2.32 bits per heavy atom. The Hall–Kier alpha value is -1.07. The SMILES string of the molecule is C=CCSc1sc(C(=O)OCC)c2c1C(=O)CCC2. The summed E-state index contributed by atoms with van der Waals surface area (Å²) in [6, 6.07) is 0. The maximum atomic E-state index is 12.1. The molecule has 2 rings (SSSR count). The molecule has 0 radical (unpaired) electrons. The van der Waals surface area contributed by atoms with Crippen LogP contribution >= 0.6 is 23.1 Å². The number of thioether (sulfide) groups is 1. The van der Waals surface area contributed by atoms with Crippen LogP contribution in [-0.4, -0.2) is 24.1 Å². The Bertz CT molecular complexity index is 517. The minimum atomic E-state index is -0.302. The molecular formula is C14H16O3S2. The van der Waals surface area contributed by atoms with E-state index in [1.54, 1.807) is 24.8 Å². The third-order valence-corrected chi connectivity index (χ3v) is 5.36. The topological polar surface area (TPSA) is 43.4 Å². The molecule has 0 aromatic carbocycles. The van der Waals surface area contributed by atoms with Crippen LogP contribution in [0, 0.1) is 0 Å². The Labute approximate surface area is 121 Å². The molecule has 1 aromatic rings. The Kier molecular flexibility index (Phi) is 4.82. The second-order valence-electron chi connectivity index (χ2n) is 4.17. The van der Waals surface area contributed by atoms with E-state index in [1.807, 2.05) is 0 Å². The number of esters is 1. The molecule has 102 valence electrons. The van der Waals surface area contributed by atoms with E-state index in [0.717, 1.165) is 33.9 Å². The van der Waals surface area contributed by atoms with E-state index in [1.165, 1.54) is 11.3 Å². The minimum absolute atomic E-state index is 0.152. The average Bonchev–Trinajstić information content (AvgIpc) is 2.77. The van der Waals surface area contributed by atoms with Gasteiger partial charge in [0.05, 0.1) is 10.8 Å². The van der Waals surface area contributed by atoms with E-state index < -0.39 is 0 Å². The average molecular weight is 296 g/mol. The molecule has 1 heterocycles. The van der Waals surface area contributed by atoms with Gasteiger partial charge in [-0.25, -0.2) is 4.79 Å². The number of ketones is 1. The standard InChI is InChI=1S/C14H16O3S2/c1-3-8-18-14-11-9(6-5-7-10(11)15)12(19-14)13(16)17-4-2/h3H,1,4-8H2,2H3. The molecule has 0 bridgehead atoms. The van der Waals surface area contributed by atoms with Crippen molar-refractivity contribution < 1.29 is 14.3 Å². The van der Waals surface area contributed by atoms with Gasteiger partial charge in [-0.15, -0.1) is 29.7 Å². The first-order chi connectivity index (χ1) is 9.19. The molecule has 0 saturated carbocycles. The fourth-order valence-corrected chi connectivity index (χ4v) is 4.45. The summed E-state index contributed by atoms with van der Waals surface area (Å²) in [4.78, 5) is 24.6. The van der Waals surface area contributed by atoms with Crippen LogP contribution in [-0.2, 0) is 11.2 Å². The number of hydrogen-bond donors (Lipinski definition) is 0. The zero-order valence-electron chi connectivity index (χ0n) is 10.9. The summed E-state index contributed by atoms with van der Waals surface area (Å²) in [5.74, 6) is 0.589. The van der Waals surface area contributed by atoms with Crippen molar-refractivity contribution in [2.24, 2.45) is 0 Å². The summed E-state index contributed by atoms with van der Waals surface area (Å²) in [6.45, 7) is 5.83. The highest BCUT2D eigenvalue weighted by molar-refractivity contribution is 8.01. The molecule has 0 atom stereocenters. The van der Waals surface area contributed by atoms with Crippen LogP contribution in [0.3, 0.4) is 0 Å². The number of fused-ring (bicyclic) bond motifs is 1. The number of thiophene rings is 1. The van der Waals surface area contributed by atoms with Crippen LogP contribution in [0.2, 0.25) is 0 Å². The molecule has 0 amide bonds. The summed E-state index contributed by atoms with van der Waals surface area (Å²) in [7, 11) is 0. The van der Waals surface area contributed by atoms with Gasteiger partial charge in [0.15, 0.2) is 5.78 Å². The van der Waals surface area contributed by atoms with E-state index in [2.05, 4.69) is 6.58 Å². The van der Waals surface area contributed by atoms with Crippen molar-refractivity contribution in [3.05, 3.63) is 28.7 Å². The van der Waals surface area contributed by atoms with Gasteiger partial charge in [0.2, 0.25) is 0 Å². The van der Waals surface area contributed by atoms with Gasteiger partial charge >= 0.3 is 5.97 Å². The van der Waals surface area contributed by atoms with Crippen molar-refractivity contribution in [1.82, 2.24) is 0 Å². The summed E-state index contributed by atoms with van der Waals surface area (Å²) in [6.07, 6.45) is 3.99. The van der Waals surface area contributed by atoms with Crippen molar-refractivity contribution in [3.8, 4) is 0 Å². The maximum absolute atomic E-state index is 12.1. The van der Waals surface area contributed by atoms with Crippen molar-refractivity contribution in [2.45, 2.75) is 30.4 Å². The molecule has 1 aliphatic carbocycles. The highest BCUT2D eigenvalue weighted by Crippen LogP contribution is 2.40. The van der Waals surface area contributed by atoms with Gasteiger partial charge in [-0.05, 0) is 25.3 Å². The van der Waals surface area contributed by atoms with Crippen molar-refractivity contribution in [2.75, 3.05) is 12.4 Å². The number of carbonyl (C=O) groups is 2. The summed E-state index contributed by atoms with van der Waals surface area (Å²) < 4.78 is 6.01. The van der Waals surface area contributed by atoms with Crippen molar-refractivity contribution in [1.29, 1.82) is 0 Å². The fourth-order valence-electron chi connectivity index (χ4n) is 2.11. The quantitative estimate of drug-likeness (QED) is 0.472. The molecule has 1 aliphatic rings. The number of hydrogen-bond acceptors (Lipinski definition) is 5. The molecule has 0 saturated heterocycles. The van der Waals surface area contributed by atoms with Gasteiger partial charge in [0.1, 0.15) is 4.88 Å². The van der Waals surface area contributed by atoms with E-state index in [4.69, 9.17) is 4.74 Å². The number of rotatable bonds is 5. The normalized spacial score (nSPS) is 14.1.